The molecular formula is C17H19N5O2S. The molecule has 2 aromatic rings. The molecule has 1 aromatic heterocycles. The minimum Gasteiger partial charge on any atom is -0.480 e. The van der Waals surface area contributed by atoms with E-state index < -0.39 is 0 Å². The van der Waals surface area contributed by atoms with E-state index in [-0.39, 0.29) is 17.1 Å². The van der Waals surface area contributed by atoms with E-state index in [2.05, 4.69) is 27.2 Å². The van der Waals surface area contributed by atoms with Gasteiger partial charge in [0, 0.05) is 11.4 Å². The van der Waals surface area contributed by atoms with Crippen LogP contribution in [0.1, 0.15) is 29.4 Å². The van der Waals surface area contributed by atoms with Gasteiger partial charge in [-0.15, -0.1) is 0 Å². The molecule has 0 spiro atoms. The number of methoxy groups -OCH3 is 1. The maximum atomic E-state index is 12.3. The molecule has 8 heteroatoms. The summed E-state index contributed by atoms with van der Waals surface area (Å²) in [6, 6.07) is 7.63. The highest BCUT2D eigenvalue weighted by Gasteiger charge is 2.29. The van der Waals surface area contributed by atoms with E-state index in [1.807, 2.05) is 24.3 Å². The van der Waals surface area contributed by atoms with Crippen molar-refractivity contribution in [2.75, 3.05) is 18.2 Å². The van der Waals surface area contributed by atoms with Crippen molar-refractivity contribution >= 4 is 28.5 Å². The van der Waals surface area contributed by atoms with Crippen molar-refractivity contribution < 1.29 is 9.53 Å². The van der Waals surface area contributed by atoms with E-state index in [1.54, 1.807) is 11.8 Å². The van der Waals surface area contributed by atoms with Gasteiger partial charge >= 0.3 is 0 Å². The Hall–Kier alpha value is -2.61. The van der Waals surface area contributed by atoms with E-state index in [9.17, 15) is 4.79 Å². The number of rotatable bonds is 4. The number of thioether (sulfide) groups is 1. The number of amides is 1. The number of benzene rings is 1. The Labute approximate surface area is 150 Å². The summed E-state index contributed by atoms with van der Waals surface area (Å²) in [5, 5.41) is 3.43. The van der Waals surface area contributed by atoms with Gasteiger partial charge in [0.2, 0.25) is 5.88 Å². The van der Waals surface area contributed by atoms with Gasteiger partial charge in [-0.25, -0.2) is 9.97 Å². The zero-order valence-corrected chi connectivity index (χ0v) is 14.8. The summed E-state index contributed by atoms with van der Waals surface area (Å²) in [7, 11) is 1.49. The molecule has 1 amide bonds. The fourth-order valence-corrected chi connectivity index (χ4v) is 3.54. The third kappa shape index (κ3) is 3.90. The predicted molar refractivity (Wildman–Crippen MR) is 99.0 cm³/mol. The number of carbonyl (C=O) groups is 1. The maximum Gasteiger partial charge on any atom is 0.275 e. The minimum absolute atomic E-state index is 0.216. The average Bonchev–Trinajstić information content (AvgIpc) is 2.62. The molecule has 1 atom stereocenters. The van der Waals surface area contributed by atoms with Crippen LogP contribution in [0.2, 0.25) is 0 Å². The third-order valence-corrected chi connectivity index (χ3v) is 4.80. The quantitative estimate of drug-likeness (QED) is 0.871. The summed E-state index contributed by atoms with van der Waals surface area (Å²) in [5.74, 6) is 0.945. The molecular weight excluding hydrogens is 338 g/mol. The number of anilines is 1. The van der Waals surface area contributed by atoms with Gasteiger partial charge in [0.1, 0.15) is 5.69 Å². The molecule has 1 aliphatic rings. The van der Waals surface area contributed by atoms with Crippen molar-refractivity contribution in [3.8, 4) is 5.88 Å². The third-order valence-electron chi connectivity index (χ3n) is 4.01. The molecule has 2 heterocycles. The van der Waals surface area contributed by atoms with Gasteiger partial charge < -0.3 is 15.8 Å². The molecule has 0 aliphatic carbocycles. The van der Waals surface area contributed by atoms with Crippen LogP contribution in [0.4, 0.5) is 5.69 Å². The van der Waals surface area contributed by atoms with Crippen LogP contribution < -0.4 is 15.8 Å². The fraction of sp³-hybridized carbons (Fsp3) is 0.294. The zero-order valence-electron chi connectivity index (χ0n) is 14.0. The number of nitrogens with one attached hydrogen (secondary N) is 1. The second kappa shape index (κ2) is 7.10. The summed E-state index contributed by atoms with van der Waals surface area (Å²) in [4.78, 5) is 24.9. The Morgan fingerprint density at radius 2 is 2.20 bits per heavy atom. The Morgan fingerprint density at radius 3 is 2.88 bits per heavy atom. The smallest absolute Gasteiger partial charge is 0.275 e. The van der Waals surface area contributed by atoms with Gasteiger partial charge in [-0.1, -0.05) is 23.9 Å². The van der Waals surface area contributed by atoms with Crippen LogP contribution in [0.5, 0.6) is 5.88 Å². The number of aromatic nitrogens is 2. The Morgan fingerprint density at radius 1 is 1.36 bits per heavy atom. The average molecular weight is 357 g/mol. The van der Waals surface area contributed by atoms with Crippen LogP contribution in [0.3, 0.4) is 0 Å². The normalized spacial score (nSPS) is 19.8. The Kier molecular flexibility index (Phi) is 4.89. The van der Waals surface area contributed by atoms with Gasteiger partial charge in [-0.3, -0.25) is 9.79 Å². The van der Waals surface area contributed by atoms with Crippen LogP contribution in [0.15, 0.2) is 41.7 Å². The Balaban J connectivity index is 1.79. The molecule has 7 nitrogen and oxygen atoms in total. The van der Waals surface area contributed by atoms with E-state index >= 15 is 0 Å². The highest BCUT2D eigenvalue weighted by atomic mass is 32.2. The van der Waals surface area contributed by atoms with Crippen LogP contribution in [0, 0.1) is 0 Å². The molecule has 1 aromatic carbocycles. The van der Waals surface area contributed by atoms with E-state index in [0.717, 1.165) is 17.7 Å². The van der Waals surface area contributed by atoms with Crippen LogP contribution in [-0.4, -0.2) is 33.9 Å². The second-order valence-electron chi connectivity index (χ2n) is 5.80. The van der Waals surface area contributed by atoms with Crippen molar-refractivity contribution in [3.05, 3.63) is 47.9 Å². The summed E-state index contributed by atoms with van der Waals surface area (Å²) in [6.07, 6.45) is 3.67. The molecule has 25 heavy (non-hydrogen) atoms. The lowest BCUT2D eigenvalue weighted by Crippen LogP contribution is -2.28. The molecule has 0 radical (unpaired) electrons. The number of amidine groups is 1. The molecule has 0 unspecified atom stereocenters. The van der Waals surface area contributed by atoms with E-state index in [4.69, 9.17) is 10.5 Å². The first kappa shape index (κ1) is 17.2. The number of hydrogen-bond acceptors (Lipinski definition) is 7. The lowest BCUT2D eigenvalue weighted by atomic mass is 9.89. The van der Waals surface area contributed by atoms with Gasteiger partial charge in [0.25, 0.3) is 5.91 Å². The number of nitrogens with two attached hydrogens (primary N) is 1. The van der Waals surface area contributed by atoms with Crippen molar-refractivity contribution in [2.45, 2.75) is 18.9 Å². The minimum atomic E-state index is -0.379. The first-order valence-electron chi connectivity index (χ1n) is 7.76. The van der Waals surface area contributed by atoms with E-state index in [0.29, 0.717) is 16.7 Å². The van der Waals surface area contributed by atoms with Gasteiger partial charge in [-0.2, -0.15) is 0 Å². The zero-order chi connectivity index (χ0) is 17.9. The molecule has 3 rings (SSSR count). The van der Waals surface area contributed by atoms with Crippen molar-refractivity contribution in [2.24, 2.45) is 10.7 Å². The van der Waals surface area contributed by atoms with Gasteiger partial charge in [0.05, 0.1) is 25.0 Å². The van der Waals surface area contributed by atoms with Crippen molar-refractivity contribution in [1.29, 1.82) is 0 Å². The highest BCUT2D eigenvalue weighted by molar-refractivity contribution is 8.13. The largest absolute Gasteiger partial charge is 0.480 e. The standard InChI is InChI=1S/C17H19N5O2S/c1-17(6-7-25-16(18)22-17)11-4-3-5-12(8-11)21-15(23)13-9-20-14(24-2)10-19-13/h3-5,8-10H,6-7H2,1-2H3,(H2,18,22)(H,21,23)/t17-/m0/s1. The molecule has 130 valence electrons. The van der Waals surface area contributed by atoms with Crippen LogP contribution >= 0.6 is 11.8 Å². The number of aliphatic imine (C=N–C) groups is 1. The Bertz CT molecular complexity index is 809. The molecule has 0 saturated heterocycles. The molecule has 0 bridgehead atoms. The van der Waals surface area contributed by atoms with E-state index in [1.165, 1.54) is 19.5 Å². The maximum absolute atomic E-state index is 12.3. The van der Waals surface area contributed by atoms with Gasteiger partial charge in [0.15, 0.2) is 5.17 Å². The van der Waals surface area contributed by atoms with Crippen LogP contribution in [-0.2, 0) is 5.54 Å². The number of nitrogens with zero attached hydrogens (tertiary/aromatic N) is 3. The topological polar surface area (TPSA) is 102 Å². The molecule has 0 saturated carbocycles. The summed E-state index contributed by atoms with van der Waals surface area (Å²) in [6.45, 7) is 2.05. The lowest BCUT2D eigenvalue weighted by Gasteiger charge is -2.30. The first-order valence-corrected chi connectivity index (χ1v) is 8.75. The first-order chi connectivity index (χ1) is 12.0. The SMILES string of the molecule is COc1cnc(C(=O)Nc2cccc([C@]3(C)CCSC(N)=N3)c2)cn1. The second-order valence-corrected chi connectivity index (χ2v) is 6.92. The molecule has 0 fully saturated rings. The number of carbonyl (C=O) groups excluding carboxylic acids is 1. The number of hydrogen-bond donors (Lipinski definition) is 2. The van der Waals surface area contributed by atoms with Gasteiger partial charge in [-0.05, 0) is 31.0 Å². The van der Waals surface area contributed by atoms with Crippen LogP contribution in [0.25, 0.3) is 0 Å². The predicted octanol–water partition coefficient (Wildman–Crippen LogP) is 2.40. The fourth-order valence-electron chi connectivity index (χ4n) is 2.56. The highest BCUT2D eigenvalue weighted by Crippen LogP contribution is 2.35. The number of ether oxygens (including phenoxy) is 1. The summed E-state index contributed by atoms with van der Waals surface area (Å²) < 4.78 is 4.94. The molecule has 3 N–H and O–H groups in total. The molecule has 1 aliphatic heterocycles. The summed E-state index contributed by atoms with van der Waals surface area (Å²) >= 11 is 1.56. The summed E-state index contributed by atoms with van der Waals surface area (Å²) in [5.41, 5.74) is 7.40. The van der Waals surface area contributed by atoms with Crippen molar-refractivity contribution in [3.63, 3.8) is 0 Å². The lowest BCUT2D eigenvalue weighted by molar-refractivity contribution is 0.102. The monoisotopic (exact) mass is 357 g/mol. The van der Waals surface area contributed by atoms with Crippen molar-refractivity contribution in [1.82, 2.24) is 9.97 Å².